The summed E-state index contributed by atoms with van der Waals surface area (Å²) >= 11 is 0.892. The van der Waals surface area contributed by atoms with Gasteiger partial charge in [0, 0.05) is 0 Å². The van der Waals surface area contributed by atoms with Gasteiger partial charge in [0.15, 0.2) is 0 Å². The molecule has 0 aliphatic heterocycles. The first-order chi connectivity index (χ1) is 7.42. The molecule has 70 valence electrons. The second kappa shape index (κ2) is 5.97. The third-order valence-electron chi connectivity index (χ3n) is 2.81. The number of hydrogen-bond donors (Lipinski definition) is 0. The zero-order valence-corrected chi connectivity index (χ0v) is 12.2. The summed E-state index contributed by atoms with van der Waals surface area (Å²) in [6.45, 7) is 0. The molecule has 15 heavy (non-hydrogen) atoms. The molecule has 0 aromatic heterocycles. The molecule has 0 aliphatic rings. The van der Waals surface area contributed by atoms with Gasteiger partial charge in [-0.15, -0.1) is 0 Å². The molecule has 0 nitrogen and oxygen atoms in total. The van der Waals surface area contributed by atoms with Gasteiger partial charge in [-0.2, -0.15) is 0 Å². The van der Waals surface area contributed by atoms with Crippen LogP contribution in [-0.2, 0) is 0 Å². The van der Waals surface area contributed by atoms with E-state index in [2.05, 4.69) is 60.7 Å². The molecular formula is C14H13K. The predicted molar refractivity (Wildman–Crippen MR) is 65.3 cm³/mol. The monoisotopic (exact) mass is 220 g/mol. The van der Waals surface area contributed by atoms with E-state index in [1.54, 1.807) is 0 Å². The third-order valence-corrected chi connectivity index (χ3v) is 4.09. The van der Waals surface area contributed by atoms with Crippen molar-refractivity contribution in [3.63, 3.8) is 0 Å². The van der Waals surface area contributed by atoms with Crippen LogP contribution in [-0.4, -0.2) is 49.0 Å². The molecule has 0 bridgehead atoms. The summed E-state index contributed by atoms with van der Waals surface area (Å²) in [6, 6.07) is 21.7. The molecule has 0 saturated carbocycles. The standard InChI is InChI=1S/C14H13.K/c1-12(13-8-4-2-5-9-13)14-10-6-3-7-11-14;/h2-12H,1H2;. The van der Waals surface area contributed by atoms with Gasteiger partial charge in [0.25, 0.3) is 0 Å². The Morgan fingerprint density at radius 3 is 1.47 bits per heavy atom. The molecular weight excluding hydrogens is 207 g/mol. The third kappa shape index (κ3) is 3.02. The Morgan fingerprint density at radius 2 is 1.13 bits per heavy atom. The van der Waals surface area contributed by atoms with Gasteiger partial charge in [-0.3, -0.25) is 0 Å². The topological polar surface area (TPSA) is 0 Å². The molecule has 2 rings (SSSR count). The molecule has 0 spiro atoms. The van der Waals surface area contributed by atoms with Crippen LogP contribution >= 0.6 is 0 Å². The molecule has 0 saturated heterocycles. The second-order valence-electron chi connectivity index (χ2n) is 3.78. The van der Waals surface area contributed by atoms with Crippen LogP contribution in [0.15, 0.2) is 60.7 Å². The second-order valence-corrected chi connectivity index (χ2v) is 5.06. The van der Waals surface area contributed by atoms with Crippen molar-refractivity contribution in [2.75, 3.05) is 0 Å². The number of rotatable bonds is 3. The Balaban J connectivity index is 2.34. The molecule has 2 aromatic carbocycles. The summed E-state index contributed by atoms with van der Waals surface area (Å²) in [7, 11) is 0. The minimum absolute atomic E-state index is 0.618. The molecule has 0 fully saturated rings. The maximum atomic E-state index is 2.24. The van der Waals surface area contributed by atoms with E-state index in [9.17, 15) is 0 Å². The predicted octanol–water partition coefficient (Wildman–Crippen LogP) is 3.41. The molecule has 0 heterocycles. The fourth-order valence-electron chi connectivity index (χ4n) is 2.03. The van der Waals surface area contributed by atoms with Crippen LogP contribution in [0.2, 0.25) is 0.515 Å². The van der Waals surface area contributed by atoms with Crippen molar-refractivity contribution in [2.45, 2.75) is 6.43 Å². The molecule has 0 amide bonds. The Kier molecular flexibility index (Phi) is 4.60. The van der Waals surface area contributed by atoms with Crippen molar-refractivity contribution >= 4 is 49.0 Å². The zero-order chi connectivity index (χ0) is 10.5. The fourth-order valence-corrected chi connectivity index (χ4v) is 3.51. The van der Waals surface area contributed by atoms with E-state index in [-0.39, 0.29) is 0 Å². The zero-order valence-electron chi connectivity index (χ0n) is 9.06. The van der Waals surface area contributed by atoms with E-state index in [0.29, 0.717) is 5.92 Å². The van der Waals surface area contributed by atoms with Crippen LogP contribution < -0.4 is 0 Å². The van der Waals surface area contributed by atoms with Gasteiger partial charge in [-0.25, -0.2) is 0 Å². The molecule has 0 radical (unpaired) electrons. The van der Waals surface area contributed by atoms with Crippen molar-refractivity contribution in [1.29, 1.82) is 0 Å². The Hall–Kier alpha value is 0.0764. The summed E-state index contributed by atoms with van der Waals surface area (Å²) in [5, 5.41) is 0. The first kappa shape index (κ1) is 11.6. The molecule has 0 unspecified atom stereocenters. The molecule has 0 N–H and O–H groups in total. The van der Waals surface area contributed by atoms with Crippen molar-refractivity contribution < 1.29 is 0 Å². The van der Waals surface area contributed by atoms with Gasteiger partial charge in [0.05, 0.1) is 0 Å². The summed E-state index contributed by atoms with van der Waals surface area (Å²) in [5.41, 5.74) is 2.91. The minimum atomic E-state index is 0.618. The fraction of sp³-hybridized carbons (Fsp3) is 0.143. The quantitative estimate of drug-likeness (QED) is 0.695. The van der Waals surface area contributed by atoms with Gasteiger partial charge in [-0.1, -0.05) is 0 Å². The van der Waals surface area contributed by atoms with Gasteiger partial charge in [0.2, 0.25) is 0 Å². The van der Waals surface area contributed by atoms with Crippen molar-refractivity contribution in [2.24, 2.45) is 0 Å². The van der Waals surface area contributed by atoms with Crippen molar-refractivity contribution in [1.82, 2.24) is 0 Å². The van der Waals surface area contributed by atoms with E-state index < -0.39 is 0 Å². The van der Waals surface area contributed by atoms with Crippen molar-refractivity contribution in [3.8, 4) is 0 Å². The van der Waals surface area contributed by atoms with Crippen LogP contribution in [0.4, 0.5) is 0 Å². The van der Waals surface area contributed by atoms with Crippen molar-refractivity contribution in [3.05, 3.63) is 71.8 Å². The van der Waals surface area contributed by atoms with Crippen LogP contribution in [0, 0.1) is 0 Å². The normalized spacial score (nSPS) is 10.6. The Bertz CT molecular complexity index is 355. The maximum absolute atomic E-state index is 2.24. The average Bonchev–Trinajstić information content (AvgIpc) is 2.33. The first-order valence-electron chi connectivity index (χ1n) is 5.51. The van der Waals surface area contributed by atoms with Crippen LogP contribution in [0.3, 0.4) is 0 Å². The molecule has 0 aliphatic carbocycles. The first-order valence-corrected chi connectivity index (χ1v) is 7.72. The Labute approximate surface area is 125 Å². The van der Waals surface area contributed by atoms with Gasteiger partial charge in [-0.05, 0) is 0 Å². The summed E-state index contributed by atoms with van der Waals surface area (Å²) in [4.78, 5) is 0. The Morgan fingerprint density at radius 1 is 0.733 bits per heavy atom. The van der Waals surface area contributed by atoms with E-state index in [1.807, 2.05) is 0 Å². The molecule has 0 atom stereocenters. The van der Waals surface area contributed by atoms with Crippen LogP contribution in [0.25, 0.3) is 0 Å². The van der Waals surface area contributed by atoms with Crippen LogP contribution in [0.5, 0.6) is 0 Å². The average molecular weight is 220 g/mol. The van der Waals surface area contributed by atoms with E-state index in [4.69, 9.17) is 0 Å². The van der Waals surface area contributed by atoms with Crippen LogP contribution in [0.1, 0.15) is 17.0 Å². The number of benzene rings is 2. The summed E-state index contributed by atoms with van der Waals surface area (Å²) in [6.07, 6.45) is 0. The summed E-state index contributed by atoms with van der Waals surface area (Å²) < 4.78 is 1.33. The van der Waals surface area contributed by atoms with Gasteiger partial charge >= 0.3 is 127 Å². The van der Waals surface area contributed by atoms with E-state index >= 15 is 0 Å². The van der Waals surface area contributed by atoms with E-state index in [0.717, 1.165) is 49.0 Å². The molecule has 1 heteroatoms. The van der Waals surface area contributed by atoms with Gasteiger partial charge < -0.3 is 0 Å². The summed E-state index contributed by atoms with van der Waals surface area (Å²) in [5.74, 6) is 0.618. The number of hydrogen-bond acceptors (Lipinski definition) is 0. The van der Waals surface area contributed by atoms with E-state index in [1.165, 1.54) is 11.6 Å². The van der Waals surface area contributed by atoms with Gasteiger partial charge in [0.1, 0.15) is 0 Å². The molecule has 2 aromatic rings. The SMILES string of the molecule is [K][CH2]C(c1ccccc1)c1ccccc1.